The second-order valence-corrected chi connectivity index (χ2v) is 5.72. The van der Waals surface area contributed by atoms with Crippen LogP contribution in [0.4, 0.5) is 11.4 Å². The molecule has 0 saturated heterocycles. The number of nitrogens with one attached hydrogen (secondary N) is 2. The molecular formula is C16H17IN2O3. The molecule has 6 heteroatoms. The third-order valence-electron chi connectivity index (χ3n) is 2.96. The minimum atomic E-state index is -0.134. The van der Waals surface area contributed by atoms with Gasteiger partial charge in [-0.1, -0.05) is 0 Å². The van der Waals surface area contributed by atoms with Crippen LogP contribution in [0, 0.1) is 3.57 Å². The minimum Gasteiger partial charge on any atom is -0.493 e. The van der Waals surface area contributed by atoms with E-state index in [0.717, 1.165) is 9.26 Å². The number of carbonyl (C=O) groups excluding carboxylic acids is 1. The largest absolute Gasteiger partial charge is 0.493 e. The van der Waals surface area contributed by atoms with Crippen LogP contribution in [0.1, 0.15) is 0 Å². The number of halogens is 1. The number of amides is 1. The molecule has 2 aromatic carbocycles. The first-order chi connectivity index (χ1) is 10.6. The van der Waals surface area contributed by atoms with Gasteiger partial charge < -0.3 is 20.1 Å². The van der Waals surface area contributed by atoms with E-state index in [1.165, 1.54) is 0 Å². The molecule has 22 heavy (non-hydrogen) atoms. The van der Waals surface area contributed by atoms with Gasteiger partial charge in [-0.05, 0) is 59.0 Å². The highest BCUT2D eigenvalue weighted by Crippen LogP contribution is 2.29. The lowest BCUT2D eigenvalue weighted by molar-refractivity contribution is -0.114. The molecule has 0 aliphatic carbocycles. The standard InChI is InChI=1S/C16H17IN2O3/c1-21-14-8-7-13(9-15(14)22-2)19-16(20)10-18-12-5-3-11(17)4-6-12/h3-9,18H,10H2,1-2H3,(H,19,20). The predicted molar refractivity (Wildman–Crippen MR) is 95.8 cm³/mol. The van der Waals surface area contributed by atoms with Crippen molar-refractivity contribution in [3.63, 3.8) is 0 Å². The van der Waals surface area contributed by atoms with Gasteiger partial charge in [0.2, 0.25) is 5.91 Å². The molecule has 0 saturated carbocycles. The molecular weight excluding hydrogens is 395 g/mol. The Morgan fingerprint density at radius 1 is 1.00 bits per heavy atom. The van der Waals surface area contributed by atoms with Gasteiger partial charge in [0.25, 0.3) is 0 Å². The van der Waals surface area contributed by atoms with E-state index in [1.807, 2.05) is 24.3 Å². The van der Waals surface area contributed by atoms with Crippen molar-refractivity contribution in [3.05, 3.63) is 46.0 Å². The first-order valence-electron chi connectivity index (χ1n) is 6.63. The zero-order valence-electron chi connectivity index (χ0n) is 12.4. The van der Waals surface area contributed by atoms with Gasteiger partial charge in [0.05, 0.1) is 20.8 Å². The molecule has 2 aromatic rings. The quantitative estimate of drug-likeness (QED) is 0.715. The Morgan fingerprint density at radius 2 is 1.64 bits per heavy atom. The SMILES string of the molecule is COc1ccc(NC(=O)CNc2ccc(I)cc2)cc1OC. The zero-order chi connectivity index (χ0) is 15.9. The maximum absolute atomic E-state index is 12.0. The highest BCUT2D eigenvalue weighted by molar-refractivity contribution is 14.1. The van der Waals surface area contributed by atoms with Crippen LogP contribution in [0.25, 0.3) is 0 Å². The first kappa shape index (κ1) is 16.4. The van der Waals surface area contributed by atoms with Crippen LogP contribution in [0.2, 0.25) is 0 Å². The van der Waals surface area contributed by atoms with E-state index in [1.54, 1.807) is 32.4 Å². The summed E-state index contributed by atoms with van der Waals surface area (Å²) >= 11 is 2.24. The van der Waals surface area contributed by atoms with E-state index in [2.05, 4.69) is 33.2 Å². The maximum Gasteiger partial charge on any atom is 0.243 e. The van der Waals surface area contributed by atoms with E-state index in [4.69, 9.17) is 9.47 Å². The lowest BCUT2D eigenvalue weighted by Crippen LogP contribution is -2.21. The second kappa shape index (κ2) is 7.88. The van der Waals surface area contributed by atoms with E-state index in [9.17, 15) is 4.79 Å². The van der Waals surface area contributed by atoms with Gasteiger partial charge in [-0.25, -0.2) is 0 Å². The summed E-state index contributed by atoms with van der Waals surface area (Å²) in [4.78, 5) is 12.0. The maximum atomic E-state index is 12.0. The Balaban J connectivity index is 1.93. The molecule has 5 nitrogen and oxygen atoms in total. The zero-order valence-corrected chi connectivity index (χ0v) is 14.5. The van der Waals surface area contributed by atoms with E-state index >= 15 is 0 Å². The van der Waals surface area contributed by atoms with Crippen molar-refractivity contribution in [2.45, 2.75) is 0 Å². The number of benzene rings is 2. The van der Waals surface area contributed by atoms with Gasteiger partial charge in [-0.3, -0.25) is 4.79 Å². The Kier molecular flexibility index (Phi) is 5.88. The van der Waals surface area contributed by atoms with Crippen molar-refractivity contribution in [1.29, 1.82) is 0 Å². The average molecular weight is 412 g/mol. The van der Waals surface area contributed by atoms with Crippen LogP contribution in [-0.2, 0) is 4.79 Å². The van der Waals surface area contributed by atoms with Crippen molar-refractivity contribution in [1.82, 2.24) is 0 Å². The Morgan fingerprint density at radius 3 is 2.27 bits per heavy atom. The fourth-order valence-corrected chi connectivity index (χ4v) is 2.23. The van der Waals surface area contributed by atoms with Crippen LogP contribution in [0.3, 0.4) is 0 Å². The van der Waals surface area contributed by atoms with Crippen LogP contribution in [0.5, 0.6) is 11.5 Å². The summed E-state index contributed by atoms with van der Waals surface area (Å²) in [5.41, 5.74) is 1.56. The van der Waals surface area contributed by atoms with Gasteiger partial charge in [0, 0.05) is 21.0 Å². The molecule has 0 atom stereocenters. The van der Waals surface area contributed by atoms with Crippen molar-refractivity contribution in [2.75, 3.05) is 31.4 Å². The van der Waals surface area contributed by atoms with Gasteiger partial charge in [-0.2, -0.15) is 0 Å². The fourth-order valence-electron chi connectivity index (χ4n) is 1.87. The number of methoxy groups -OCH3 is 2. The minimum absolute atomic E-state index is 0.134. The molecule has 0 aliphatic heterocycles. The second-order valence-electron chi connectivity index (χ2n) is 4.48. The van der Waals surface area contributed by atoms with Gasteiger partial charge in [0.1, 0.15) is 0 Å². The molecule has 2 N–H and O–H groups in total. The van der Waals surface area contributed by atoms with Gasteiger partial charge in [0.15, 0.2) is 11.5 Å². The van der Waals surface area contributed by atoms with Crippen molar-refractivity contribution in [2.24, 2.45) is 0 Å². The van der Waals surface area contributed by atoms with E-state index < -0.39 is 0 Å². The summed E-state index contributed by atoms with van der Waals surface area (Å²) in [6.45, 7) is 0.189. The lowest BCUT2D eigenvalue weighted by atomic mass is 10.2. The van der Waals surface area contributed by atoms with E-state index in [-0.39, 0.29) is 12.5 Å². The molecule has 0 aromatic heterocycles. The van der Waals surface area contributed by atoms with Gasteiger partial charge >= 0.3 is 0 Å². The molecule has 0 bridgehead atoms. The molecule has 1 amide bonds. The fraction of sp³-hybridized carbons (Fsp3) is 0.188. The van der Waals surface area contributed by atoms with Crippen molar-refractivity contribution in [3.8, 4) is 11.5 Å². The van der Waals surface area contributed by atoms with E-state index in [0.29, 0.717) is 17.2 Å². The predicted octanol–water partition coefficient (Wildman–Crippen LogP) is 3.36. The molecule has 2 rings (SSSR count). The molecule has 116 valence electrons. The Hall–Kier alpha value is -1.96. The molecule has 0 spiro atoms. The van der Waals surface area contributed by atoms with Crippen molar-refractivity contribution >= 4 is 39.9 Å². The third-order valence-corrected chi connectivity index (χ3v) is 3.68. The number of hydrogen-bond donors (Lipinski definition) is 2. The topological polar surface area (TPSA) is 59.6 Å². The molecule has 0 heterocycles. The first-order valence-corrected chi connectivity index (χ1v) is 7.71. The monoisotopic (exact) mass is 412 g/mol. The molecule has 0 radical (unpaired) electrons. The number of carbonyl (C=O) groups is 1. The molecule has 0 aliphatic rings. The number of anilines is 2. The normalized spacial score (nSPS) is 9.95. The van der Waals surface area contributed by atoms with Crippen LogP contribution >= 0.6 is 22.6 Å². The summed E-state index contributed by atoms with van der Waals surface area (Å²) in [6, 6.07) is 13.1. The molecule has 0 unspecified atom stereocenters. The van der Waals surface area contributed by atoms with Crippen LogP contribution in [0.15, 0.2) is 42.5 Å². The van der Waals surface area contributed by atoms with Crippen LogP contribution in [-0.4, -0.2) is 26.7 Å². The lowest BCUT2D eigenvalue weighted by Gasteiger charge is -2.11. The molecule has 0 fully saturated rings. The Labute approximate surface area is 143 Å². The highest BCUT2D eigenvalue weighted by atomic mass is 127. The average Bonchev–Trinajstić information content (AvgIpc) is 2.54. The highest BCUT2D eigenvalue weighted by Gasteiger charge is 2.07. The van der Waals surface area contributed by atoms with Crippen molar-refractivity contribution < 1.29 is 14.3 Å². The third kappa shape index (κ3) is 4.52. The summed E-state index contributed by atoms with van der Waals surface area (Å²) in [5, 5.41) is 5.88. The van der Waals surface area contributed by atoms with Gasteiger partial charge in [-0.15, -0.1) is 0 Å². The summed E-state index contributed by atoms with van der Waals surface area (Å²) in [5.74, 6) is 1.06. The number of ether oxygens (including phenoxy) is 2. The van der Waals surface area contributed by atoms with Crippen LogP contribution < -0.4 is 20.1 Å². The smallest absolute Gasteiger partial charge is 0.243 e. The summed E-state index contributed by atoms with van der Waals surface area (Å²) < 4.78 is 11.5. The number of hydrogen-bond acceptors (Lipinski definition) is 4. The Bertz CT molecular complexity index is 644. The summed E-state index contributed by atoms with van der Waals surface area (Å²) in [7, 11) is 3.13. The number of rotatable bonds is 6. The summed E-state index contributed by atoms with van der Waals surface area (Å²) in [6.07, 6.45) is 0.